The van der Waals surface area contributed by atoms with Crippen LogP contribution in [0.2, 0.25) is 0 Å². The van der Waals surface area contributed by atoms with Crippen molar-refractivity contribution in [2.45, 2.75) is 44.6 Å². The summed E-state index contributed by atoms with van der Waals surface area (Å²) in [6.07, 6.45) is 6.37. The first-order valence-electron chi connectivity index (χ1n) is 12.4. The molecular weight excluding hydrogens is 434 g/mol. The van der Waals surface area contributed by atoms with Crippen molar-refractivity contribution in [2.24, 2.45) is 0 Å². The molecule has 2 fully saturated rings. The third kappa shape index (κ3) is 5.59. The average Bonchev–Trinajstić information content (AvgIpc) is 3.23. The Morgan fingerprint density at radius 1 is 1.15 bits per heavy atom. The molecule has 1 amide bonds. The third-order valence-corrected chi connectivity index (χ3v) is 6.84. The second kappa shape index (κ2) is 10.6. The van der Waals surface area contributed by atoms with Crippen molar-refractivity contribution in [3.05, 3.63) is 34.7 Å². The fourth-order valence-electron chi connectivity index (χ4n) is 4.85. The van der Waals surface area contributed by atoms with E-state index in [9.17, 15) is 9.59 Å². The summed E-state index contributed by atoms with van der Waals surface area (Å²) in [5.41, 5.74) is 1.73. The number of hydrogen-bond donors (Lipinski definition) is 2. The summed E-state index contributed by atoms with van der Waals surface area (Å²) in [6, 6.07) is 7.53. The van der Waals surface area contributed by atoms with E-state index in [1.54, 1.807) is 0 Å². The molecule has 1 aromatic carbocycles. The van der Waals surface area contributed by atoms with Crippen LogP contribution in [-0.4, -0.2) is 82.7 Å². The molecule has 2 aliphatic rings. The predicted octanol–water partition coefficient (Wildman–Crippen LogP) is 2.67. The number of ether oxygens (including phenoxy) is 2. The number of imidazole rings is 1. The van der Waals surface area contributed by atoms with E-state index >= 15 is 0 Å². The predicted molar refractivity (Wildman–Crippen MR) is 130 cm³/mol. The number of amides is 1. The number of rotatable bonds is 8. The smallest absolute Gasteiger partial charge is 0.325 e. The molecule has 5 rings (SSSR count). The second-order valence-corrected chi connectivity index (χ2v) is 9.27. The van der Waals surface area contributed by atoms with Crippen molar-refractivity contribution >= 4 is 28.0 Å². The van der Waals surface area contributed by atoms with Gasteiger partial charge in [-0.1, -0.05) is 0 Å². The van der Waals surface area contributed by atoms with Crippen molar-refractivity contribution in [3.8, 4) is 5.75 Å². The van der Waals surface area contributed by atoms with Crippen LogP contribution in [-0.2, 0) is 9.53 Å². The minimum absolute atomic E-state index is 0.209. The van der Waals surface area contributed by atoms with Gasteiger partial charge in [0.15, 0.2) is 5.65 Å². The van der Waals surface area contributed by atoms with Gasteiger partial charge in [0.2, 0.25) is 5.91 Å². The summed E-state index contributed by atoms with van der Waals surface area (Å²) in [7, 11) is 0. The molecule has 0 saturated carbocycles. The first-order chi connectivity index (χ1) is 16.6. The maximum Gasteiger partial charge on any atom is 0.325 e. The molecule has 34 heavy (non-hydrogen) atoms. The summed E-state index contributed by atoms with van der Waals surface area (Å²) >= 11 is 0. The Kier molecular flexibility index (Phi) is 7.10. The highest BCUT2D eigenvalue weighted by Crippen LogP contribution is 2.22. The number of fused-ring (bicyclic) bond motifs is 2. The molecule has 2 aliphatic heterocycles. The van der Waals surface area contributed by atoms with E-state index in [0.29, 0.717) is 36.7 Å². The summed E-state index contributed by atoms with van der Waals surface area (Å²) in [5.74, 6) is 0.940. The molecule has 2 N–H and O–H groups in total. The van der Waals surface area contributed by atoms with Crippen LogP contribution in [0.3, 0.4) is 0 Å². The number of H-pyrrole nitrogens is 2. The highest BCUT2D eigenvalue weighted by atomic mass is 16.5. The molecule has 3 aromatic rings. The van der Waals surface area contributed by atoms with Crippen LogP contribution in [0.25, 0.3) is 22.1 Å². The number of carbonyl (C=O) groups is 1. The van der Waals surface area contributed by atoms with Gasteiger partial charge in [0, 0.05) is 51.1 Å². The highest BCUT2D eigenvalue weighted by Gasteiger charge is 2.22. The molecule has 2 saturated heterocycles. The molecule has 1 unspecified atom stereocenters. The molecule has 0 spiro atoms. The van der Waals surface area contributed by atoms with Gasteiger partial charge in [-0.05, 0) is 56.4 Å². The molecule has 2 aromatic heterocycles. The van der Waals surface area contributed by atoms with Gasteiger partial charge in [-0.3, -0.25) is 14.7 Å². The van der Waals surface area contributed by atoms with Crippen LogP contribution in [0.4, 0.5) is 0 Å². The first-order valence-corrected chi connectivity index (χ1v) is 12.4. The van der Waals surface area contributed by atoms with Gasteiger partial charge in [-0.2, -0.15) is 0 Å². The zero-order chi connectivity index (χ0) is 23.3. The summed E-state index contributed by atoms with van der Waals surface area (Å²) in [4.78, 5) is 38.4. The van der Waals surface area contributed by atoms with Crippen molar-refractivity contribution in [2.75, 3.05) is 45.9 Å². The number of nitrogens with one attached hydrogen (secondary N) is 2. The van der Waals surface area contributed by atoms with Crippen molar-refractivity contribution in [1.29, 1.82) is 0 Å². The lowest BCUT2D eigenvalue weighted by atomic mass is 10.1. The van der Waals surface area contributed by atoms with Gasteiger partial charge in [0.1, 0.15) is 5.75 Å². The SMILES string of the molecule is O=C(CCCOc1ccc2nc3[nH]c(=O)[nH]c3cc2c1)N1CCN(CCC2CCCCO2)CC1. The Morgan fingerprint density at radius 3 is 2.85 bits per heavy atom. The Labute approximate surface area is 198 Å². The number of benzene rings is 1. The van der Waals surface area contributed by atoms with E-state index in [1.807, 2.05) is 29.2 Å². The lowest BCUT2D eigenvalue weighted by molar-refractivity contribution is -0.133. The molecule has 0 bridgehead atoms. The first kappa shape index (κ1) is 22.9. The Morgan fingerprint density at radius 2 is 2.03 bits per heavy atom. The lowest BCUT2D eigenvalue weighted by Crippen LogP contribution is -2.49. The standard InChI is InChI=1S/C25H33N5O4/c31-23(30-12-10-29(11-13-30)9-8-19-4-1-2-14-33-19)5-3-15-34-20-6-7-21-18(16-20)17-22-24(26-21)28-25(32)27-22/h6-7,16-17,19H,1-5,8-15H2,(H2,26,27,28,32). The minimum atomic E-state index is -0.269. The van der Waals surface area contributed by atoms with Gasteiger partial charge in [-0.15, -0.1) is 0 Å². The number of nitrogens with zero attached hydrogens (tertiary/aromatic N) is 3. The number of aromatic amines is 2. The average molecular weight is 468 g/mol. The van der Waals surface area contributed by atoms with E-state index in [2.05, 4.69) is 19.9 Å². The molecule has 182 valence electrons. The van der Waals surface area contributed by atoms with Crippen LogP contribution >= 0.6 is 0 Å². The van der Waals surface area contributed by atoms with Crippen molar-refractivity contribution in [1.82, 2.24) is 24.8 Å². The fraction of sp³-hybridized carbons (Fsp3) is 0.560. The molecule has 4 heterocycles. The Balaban J connectivity index is 1.02. The van der Waals surface area contributed by atoms with E-state index in [-0.39, 0.29) is 11.6 Å². The fourth-order valence-corrected chi connectivity index (χ4v) is 4.85. The number of aromatic nitrogens is 3. The van der Waals surface area contributed by atoms with E-state index in [4.69, 9.17) is 9.47 Å². The monoisotopic (exact) mass is 467 g/mol. The van der Waals surface area contributed by atoms with Crippen LogP contribution in [0, 0.1) is 0 Å². The highest BCUT2D eigenvalue weighted by molar-refractivity contribution is 5.90. The quantitative estimate of drug-likeness (QED) is 0.494. The van der Waals surface area contributed by atoms with Crippen LogP contribution in [0.5, 0.6) is 5.75 Å². The second-order valence-electron chi connectivity index (χ2n) is 9.27. The van der Waals surface area contributed by atoms with Gasteiger partial charge in [-0.25, -0.2) is 9.78 Å². The summed E-state index contributed by atoms with van der Waals surface area (Å²) in [5, 5.41) is 0.893. The maximum absolute atomic E-state index is 12.6. The molecule has 9 nitrogen and oxygen atoms in total. The molecule has 0 aliphatic carbocycles. The molecule has 9 heteroatoms. The zero-order valence-electron chi connectivity index (χ0n) is 19.6. The molecular formula is C25H33N5O4. The van der Waals surface area contributed by atoms with Gasteiger partial charge in [0.05, 0.1) is 23.7 Å². The maximum atomic E-state index is 12.6. The molecule has 1 atom stereocenters. The van der Waals surface area contributed by atoms with Crippen molar-refractivity contribution in [3.63, 3.8) is 0 Å². The Hall–Kier alpha value is -2.91. The van der Waals surface area contributed by atoms with Crippen molar-refractivity contribution < 1.29 is 14.3 Å². The third-order valence-electron chi connectivity index (χ3n) is 6.84. The number of pyridine rings is 1. The Bertz CT molecular complexity index is 1170. The topological polar surface area (TPSA) is 104 Å². The lowest BCUT2D eigenvalue weighted by Gasteiger charge is -2.35. The normalized spacial score (nSPS) is 19.6. The van der Waals surface area contributed by atoms with Crippen LogP contribution in [0.1, 0.15) is 38.5 Å². The summed E-state index contributed by atoms with van der Waals surface area (Å²) < 4.78 is 11.7. The van der Waals surface area contributed by atoms with Gasteiger partial charge < -0.3 is 19.4 Å². The largest absolute Gasteiger partial charge is 0.494 e. The van der Waals surface area contributed by atoms with E-state index in [1.165, 1.54) is 19.3 Å². The number of hydrogen-bond acceptors (Lipinski definition) is 6. The number of piperazine rings is 1. The van der Waals surface area contributed by atoms with E-state index < -0.39 is 0 Å². The zero-order valence-corrected chi connectivity index (χ0v) is 19.6. The molecule has 0 radical (unpaired) electrons. The van der Waals surface area contributed by atoms with Crippen LogP contribution < -0.4 is 10.4 Å². The van der Waals surface area contributed by atoms with Crippen LogP contribution in [0.15, 0.2) is 29.1 Å². The minimum Gasteiger partial charge on any atom is -0.494 e. The van der Waals surface area contributed by atoms with Gasteiger partial charge in [0.25, 0.3) is 0 Å². The van der Waals surface area contributed by atoms with E-state index in [0.717, 1.165) is 62.4 Å². The summed E-state index contributed by atoms with van der Waals surface area (Å²) in [6.45, 7) is 5.95. The number of carbonyl (C=O) groups excluding carboxylic acids is 1. The van der Waals surface area contributed by atoms with Gasteiger partial charge >= 0.3 is 5.69 Å².